The molecular formula is C60H40N2O. The van der Waals surface area contributed by atoms with Gasteiger partial charge < -0.3 is 13.9 Å². The number of hydrogen-bond acceptors (Lipinski definition) is 2. The first kappa shape index (κ1) is 35.6. The summed E-state index contributed by atoms with van der Waals surface area (Å²) in [6.45, 7) is 0. The number of hydrogen-bond donors (Lipinski definition) is 0. The Bertz CT molecular complexity index is 3740. The molecule has 1 aliphatic carbocycles. The van der Waals surface area contributed by atoms with E-state index in [0.717, 1.165) is 40.5 Å². The summed E-state index contributed by atoms with van der Waals surface area (Å²) in [5.41, 5.74) is 12.6. The molecular weight excluding hydrogens is 765 g/mol. The van der Waals surface area contributed by atoms with Crippen molar-refractivity contribution in [3.05, 3.63) is 235 Å². The second kappa shape index (κ2) is 14.2. The predicted molar refractivity (Wildman–Crippen MR) is 265 cm³/mol. The molecule has 3 nitrogen and oxygen atoms in total. The molecule has 0 aliphatic heterocycles. The third-order valence-electron chi connectivity index (χ3n) is 13.3. The average molecular weight is 805 g/mol. The molecule has 0 N–H and O–H groups in total. The van der Waals surface area contributed by atoms with Gasteiger partial charge in [-0.15, -0.1) is 0 Å². The van der Waals surface area contributed by atoms with Gasteiger partial charge in [-0.3, -0.25) is 0 Å². The molecule has 1 unspecified atom stereocenters. The van der Waals surface area contributed by atoms with Crippen LogP contribution in [-0.2, 0) is 0 Å². The Hall–Kier alpha value is -8.14. The summed E-state index contributed by atoms with van der Waals surface area (Å²) >= 11 is 0. The van der Waals surface area contributed by atoms with Gasteiger partial charge in [-0.05, 0) is 105 Å². The van der Waals surface area contributed by atoms with Gasteiger partial charge in [0.25, 0.3) is 0 Å². The lowest BCUT2D eigenvalue weighted by molar-refractivity contribution is 0.517. The molecule has 2 aromatic heterocycles. The van der Waals surface area contributed by atoms with Gasteiger partial charge in [0.1, 0.15) is 11.3 Å². The molecule has 0 spiro atoms. The van der Waals surface area contributed by atoms with Crippen molar-refractivity contribution in [1.29, 1.82) is 0 Å². The highest BCUT2D eigenvalue weighted by atomic mass is 16.3. The number of anilines is 3. The number of furan rings is 1. The second-order valence-corrected chi connectivity index (χ2v) is 16.8. The fourth-order valence-electron chi connectivity index (χ4n) is 10.4. The molecule has 1 aliphatic rings. The van der Waals surface area contributed by atoms with Crippen LogP contribution in [0.4, 0.5) is 17.1 Å². The zero-order chi connectivity index (χ0) is 41.4. The highest BCUT2D eigenvalue weighted by Crippen LogP contribution is 2.46. The van der Waals surface area contributed by atoms with Crippen LogP contribution in [0.5, 0.6) is 0 Å². The van der Waals surface area contributed by atoms with Crippen LogP contribution in [0.15, 0.2) is 223 Å². The van der Waals surface area contributed by atoms with Crippen LogP contribution in [-0.4, -0.2) is 4.57 Å². The monoisotopic (exact) mass is 804 g/mol. The summed E-state index contributed by atoms with van der Waals surface area (Å²) in [6.07, 6.45) is 5.42. The molecule has 0 amide bonds. The molecule has 3 heteroatoms. The number of para-hydroxylation sites is 2. The van der Waals surface area contributed by atoms with E-state index in [9.17, 15) is 0 Å². The van der Waals surface area contributed by atoms with Gasteiger partial charge >= 0.3 is 0 Å². The molecule has 0 saturated carbocycles. The van der Waals surface area contributed by atoms with Gasteiger partial charge in [0, 0.05) is 61.2 Å². The first-order chi connectivity index (χ1) is 31.3. The number of allylic oxidation sites excluding steroid dienone is 1. The summed E-state index contributed by atoms with van der Waals surface area (Å²) in [7, 11) is 0. The van der Waals surface area contributed by atoms with E-state index < -0.39 is 0 Å². The third-order valence-corrected chi connectivity index (χ3v) is 13.3. The number of rotatable bonds is 6. The van der Waals surface area contributed by atoms with E-state index in [0.29, 0.717) is 0 Å². The highest BCUT2D eigenvalue weighted by Gasteiger charge is 2.26. The Morgan fingerprint density at radius 1 is 0.444 bits per heavy atom. The first-order valence-electron chi connectivity index (χ1n) is 21.9. The Morgan fingerprint density at radius 2 is 1.05 bits per heavy atom. The molecule has 0 radical (unpaired) electrons. The zero-order valence-corrected chi connectivity index (χ0v) is 34.4. The van der Waals surface area contributed by atoms with Crippen LogP contribution in [0.3, 0.4) is 0 Å². The van der Waals surface area contributed by atoms with Crippen molar-refractivity contribution in [2.24, 2.45) is 0 Å². The van der Waals surface area contributed by atoms with Crippen molar-refractivity contribution in [3.8, 4) is 16.8 Å². The maximum absolute atomic E-state index is 6.52. The maximum atomic E-state index is 6.52. The lowest BCUT2D eigenvalue weighted by atomic mass is 9.86. The summed E-state index contributed by atoms with van der Waals surface area (Å²) in [5, 5.41) is 11.4. The fraction of sp³-hybridized carbons (Fsp3) is 0.0333. The van der Waals surface area contributed by atoms with Crippen molar-refractivity contribution < 1.29 is 4.42 Å². The van der Waals surface area contributed by atoms with Gasteiger partial charge in [-0.1, -0.05) is 164 Å². The van der Waals surface area contributed by atoms with Crippen molar-refractivity contribution in [3.63, 3.8) is 0 Å². The van der Waals surface area contributed by atoms with E-state index in [4.69, 9.17) is 4.42 Å². The molecule has 296 valence electrons. The van der Waals surface area contributed by atoms with Crippen LogP contribution in [0.25, 0.3) is 88.0 Å². The summed E-state index contributed by atoms with van der Waals surface area (Å²) < 4.78 is 9.00. The Labute approximate surface area is 365 Å². The lowest BCUT2D eigenvalue weighted by Crippen LogP contribution is -2.11. The first-order valence-corrected chi connectivity index (χ1v) is 21.9. The Balaban J connectivity index is 0.962. The fourth-order valence-corrected chi connectivity index (χ4v) is 10.4. The number of fused-ring (bicyclic) bond motifs is 13. The van der Waals surface area contributed by atoms with Gasteiger partial charge in [0.15, 0.2) is 0 Å². The second-order valence-electron chi connectivity index (χ2n) is 16.8. The smallest absolute Gasteiger partial charge is 0.134 e. The van der Waals surface area contributed by atoms with Gasteiger partial charge in [-0.25, -0.2) is 0 Å². The predicted octanol–water partition coefficient (Wildman–Crippen LogP) is 16.7. The normalized spacial score (nSPS) is 13.7. The van der Waals surface area contributed by atoms with Crippen molar-refractivity contribution in [1.82, 2.24) is 4.57 Å². The molecule has 0 bridgehead atoms. The standard InChI is InChI=1S/C60H40N2O/c1-2-13-39(14-3-1)40-25-30-43(31-26-40)61(44-32-27-42(28-33-44)48-21-12-22-53-50-18-9-11-24-56(50)63-60(48)53)45-34-36-46(37-35-45)62-55-23-10-8-20-54(55)58-57-47-16-5-4-15-41(47)29-38-51(57)49-17-6-7-19-52(49)59(58)62/h1-20,22-38,48H,21H2. The quantitative estimate of drug-likeness (QED) is 0.156. The number of benzene rings is 10. The summed E-state index contributed by atoms with van der Waals surface area (Å²) in [4.78, 5) is 2.37. The molecule has 1 atom stereocenters. The Morgan fingerprint density at radius 3 is 1.83 bits per heavy atom. The maximum Gasteiger partial charge on any atom is 0.134 e. The van der Waals surface area contributed by atoms with E-state index in [-0.39, 0.29) is 5.92 Å². The minimum absolute atomic E-state index is 0.154. The third kappa shape index (κ3) is 5.60. The van der Waals surface area contributed by atoms with Crippen LogP contribution in [0.1, 0.15) is 29.2 Å². The van der Waals surface area contributed by atoms with Crippen LogP contribution >= 0.6 is 0 Å². The van der Waals surface area contributed by atoms with Crippen molar-refractivity contribution >= 4 is 88.2 Å². The van der Waals surface area contributed by atoms with Crippen LogP contribution in [0.2, 0.25) is 0 Å². The van der Waals surface area contributed by atoms with E-state index >= 15 is 0 Å². The average Bonchev–Trinajstić information content (AvgIpc) is 3.92. The van der Waals surface area contributed by atoms with E-state index in [2.05, 4.69) is 228 Å². The SMILES string of the molecule is C1=Cc2c(oc3ccccc23)C(c2ccc(N(c3ccc(-c4ccccc4)cc3)c3ccc(-n4c5ccccc5c5c6c7ccccc7ccc6c6ccccc6c54)cc3)cc2)C1. The molecule has 10 aromatic carbocycles. The number of aromatic nitrogens is 1. The van der Waals surface area contributed by atoms with Crippen molar-refractivity contribution in [2.45, 2.75) is 12.3 Å². The molecule has 63 heavy (non-hydrogen) atoms. The lowest BCUT2D eigenvalue weighted by Gasteiger charge is -2.27. The van der Waals surface area contributed by atoms with Crippen LogP contribution < -0.4 is 4.90 Å². The topological polar surface area (TPSA) is 21.3 Å². The summed E-state index contributed by atoms with van der Waals surface area (Å²) in [5.74, 6) is 1.20. The highest BCUT2D eigenvalue weighted by molar-refractivity contribution is 6.36. The largest absolute Gasteiger partial charge is 0.460 e. The van der Waals surface area contributed by atoms with E-state index in [1.807, 2.05) is 6.07 Å². The van der Waals surface area contributed by atoms with Gasteiger partial charge in [-0.2, -0.15) is 0 Å². The van der Waals surface area contributed by atoms with Gasteiger partial charge in [0.2, 0.25) is 0 Å². The zero-order valence-electron chi connectivity index (χ0n) is 34.4. The van der Waals surface area contributed by atoms with Crippen molar-refractivity contribution in [2.75, 3.05) is 4.90 Å². The Kier molecular flexibility index (Phi) is 8.04. The molecule has 2 heterocycles. The summed E-state index contributed by atoms with van der Waals surface area (Å²) in [6, 6.07) is 77.4. The van der Waals surface area contributed by atoms with Crippen LogP contribution in [0, 0.1) is 0 Å². The molecule has 0 fully saturated rings. The van der Waals surface area contributed by atoms with E-state index in [1.165, 1.54) is 81.8 Å². The van der Waals surface area contributed by atoms with E-state index in [1.54, 1.807) is 0 Å². The number of nitrogens with zero attached hydrogens (tertiary/aromatic N) is 2. The molecule has 12 aromatic rings. The molecule has 13 rings (SSSR count). The minimum Gasteiger partial charge on any atom is -0.460 e. The molecule has 0 saturated heterocycles. The van der Waals surface area contributed by atoms with Gasteiger partial charge in [0.05, 0.1) is 11.0 Å². The minimum atomic E-state index is 0.154.